The Bertz CT molecular complexity index is 908. The molecule has 0 unspecified atom stereocenters. The van der Waals surface area contributed by atoms with Crippen LogP contribution in [-0.4, -0.2) is 57.1 Å². The molecule has 4 rings (SSSR count). The van der Waals surface area contributed by atoms with E-state index < -0.39 is 0 Å². The molecule has 0 bridgehead atoms. The summed E-state index contributed by atoms with van der Waals surface area (Å²) in [5.74, 6) is 0.475. The van der Waals surface area contributed by atoms with Gasteiger partial charge in [0.1, 0.15) is 0 Å². The molecule has 1 atom stereocenters. The minimum Gasteiger partial charge on any atom is -0.346 e. The lowest BCUT2D eigenvalue weighted by Gasteiger charge is -2.22. The van der Waals surface area contributed by atoms with E-state index in [0.29, 0.717) is 18.2 Å². The average molecular weight is 366 g/mol. The second-order valence-corrected chi connectivity index (χ2v) is 7.33. The van der Waals surface area contributed by atoms with Crippen LogP contribution < -0.4 is 5.32 Å². The van der Waals surface area contributed by atoms with Gasteiger partial charge in [0.2, 0.25) is 0 Å². The van der Waals surface area contributed by atoms with E-state index in [0.717, 1.165) is 26.2 Å². The van der Waals surface area contributed by atoms with Crippen molar-refractivity contribution in [3.63, 3.8) is 0 Å². The summed E-state index contributed by atoms with van der Waals surface area (Å²) in [6, 6.07) is 10.4. The molecule has 7 heteroatoms. The Balaban J connectivity index is 1.34. The molecule has 1 aliphatic rings. The maximum absolute atomic E-state index is 12.7. The summed E-state index contributed by atoms with van der Waals surface area (Å²) in [6.07, 6.45) is 6.23. The Kier molecular flexibility index (Phi) is 5.20. The van der Waals surface area contributed by atoms with Crippen LogP contribution in [0.4, 0.5) is 0 Å². The van der Waals surface area contributed by atoms with Crippen molar-refractivity contribution in [1.82, 2.24) is 29.8 Å². The van der Waals surface area contributed by atoms with Crippen LogP contribution in [-0.2, 0) is 13.1 Å². The summed E-state index contributed by atoms with van der Waals surface area (Å²) >= 11 is 0. The molecular formula is C20H26N6O. The number of aromatic nitrogens is 4. The number of amides is 1. The third-order valence-electron chi connectivity index (χ3n) is 5.31. The fourth-order valence-electron chi connectivity index (χ4n) is 3.72. The number of benzene rings is 1. The summed E-state index contributed by atoms with van der Waals surface area (Å²) in [4.78, 5) is 14.4. The number of para-hydroxylation sites is 1. The maximum atomic E-state index is 12.7. The van der Waals surface area contributed by atoms with Gasteiger partial charge >= 0.3 is 0 Å². The highest BCUT2D eigenvalue weighted by atomic mass is 16.2. The lowest BCUT2D eigenvalue weighted by Crippen LogP contribution is -2.32. The van der Waals surface area contributed by atoms with Crippen molar-refractivity contribution in [1.29, 1.82) is 0 Å². The summed E-state index contributed by atoms with van der Waals surface area (Å²) < 4.78 is 3.98. The zero-order valence-electron chi connectivity index (χ0n) is 15.7. The van der Waals surface area contributed by atoms with Gasteiger partial charge in [0.05, 0.1) is 6.20 Å². The Morgan fingerprint density at radius 1 is 1.33 bits per heavy atom. The first-order chi connectivity index (χ1) is 13.2. The number of nitrogens with zero attached hydrogens (tertiary/aromatic N) is 5. The third-order valence-corrected chi connectivity index (χ3v) is 5.31. The first-order valence-corrected chi connectivity index (χ1v) is 9.61. The van der Waals surface area contributed by atoms with E-state index in [1.807, 2.05) is 19.2 Å². The molecule has 2 aromatic heterocycles. The van der Waals surface area contributed by atoms with Crippen LogP contribution in [0.5, 0.6) is 0 Å². The third kappa shape index (κ3) is 4.03. The van der Waals surface area contributed by atoms with E-state index >= 15 is 0 Å². The van der Waals surface area contributed by atoms with E-state index in [-0.39, 0.29) is 5.91 Å². The fraction of sp³-hybridized carbons (Fsp3) is 0.450. The molecule has 3 heterocycles. The Labute approximate surface area is 158 Å². The molecule has 1 N–H and O–H groups in total. The molecule has 0 aliphatic carbocycles. The summed E-state index contributed by atoms with van der Waals surface area (Å²) in [5.41, 5.74) is 1.60. The molecule has 1 fully saturated rings. The number of rotatable bonds is 6. The van der Waals surface area contributed by atoms with Crippen molar-refractivity contribution in [2.45, 2.75) is 25.9 Å². The number of hydrogen-bond donors (Lipinski definition) is 1. The van der Waals surface area contributed by atoms with Crippen molar-refractivity contribution in [2.24, 2.45) is 5.92 Å². The second kappa shape index (κ2) is 7.92. The van der Waals surface area contributed by atoms with Crippen LogP contribution in [0, 0.1) is 5.92 Å². The van der Waals surface area contributed by atoms with Gasteiger partial charge < -0.3 is 14.8 Å². The van der Waals surface area contributed by atoms with E-state index in [1.54, 1.807) is 15.8 Å². The van der Waals surface area contributed by atoms with Crippen molar-refractivity contribution >= 4 is 16.8 Å². The number of carbonyl (C=O) groups excluding carboxylic acids is 1. The highest BCUT2D eigenvalue weighted by Gasteiger charge is 2.18. The molecule has 0 spiro atoms. The number of piperidine rings is 1. The average Bonchev–Trinajstić information content (AvgIpc) is 3.33. The number of likely N-dealkylation sites (N-methyl/N-ethyl adjacent to an activating group) is 1. The maximum Gasteiger partial charge on any atom is 0.275 e. The van der Waals surface area contributed by atoms with Crippen molar-refractivity contribution in [3.8, 4) is 0 Å². The highest BCUT2D eigenvalue weighted by Crippen LogP contribution is 2.15. The SMILES string of the molecule is CN(CCn1ccc2ccccc21)C(=O)c1cn(C[C@@H]2CCCNC2)nn1. The zero-order valence-corrected chi connectivity index (χ0v) is 15.7. The Morgan fingerprint density at radius 2 is 2.22 bits per heavy atom. The zero-order chi connectivity index (χ0) is 18.6. The Hall–Kier alpha value is -2.67. The van der Waals surface area contributed by atoms with Gasteiger partial charge in [-0.15, -0.1) is 5.10 Å². The minimum absolute atomic E-state index is 0.0838. The monoisotopic (exact) mass is 366 g/mol. The van der Waals surface area contributed by atoms with Gasteiger partial charge in [-0.1, -0.05) is 23.4 Å². The topological polar surface area (TPSA) is 68.0 Å². The van der Waals surface area contributed by atoms with Crippen LogP contribution in [0.1, 0.15) is 23.3 Å². The van der Waals surface area contributed by atoms with E-state index in [1.165, 1.54) is 23.7 Å². The Morgan fingerprint density at radius 3 is 3.07 bits per heavy atom. The lowest BCUT2D eigenvalue weighted by atomic mass is 10.00. The second-order valence-electron chi connectivity index (χ2n) is 7.33. The molecule has 0 saturated carbocycles. The van der Waals surface area contributed by atoms with Crippen LogP contribution in [0.15, 0.2) is 42.7 Å². The predicted molar refractivity (Wildman–Crippen MR) is 105 cm³/mol. The molecule has 7 nitrogen and oxygen atoms in total. The van der Waals surface area contributed by atoms with Crippen molar-refractivity contribution < 1.29 is 4.79 Å². The number of carbonyl (C=O) groups is 1. The van der Waals surface area contributed by atoms with Crippen LogP contribution >= 0.6 is 0 Å². The van der Waals surface area contributed by atoms with Gasteiger partial charge in [-0.3, -0.25) is 9.48 Å². The van der Waals surface area contributed by atoms with E-state index in [4.69, 9.17) is 0 Å². The molecule has 1 amide bonds. The summed E-state index contributed by atoms with van der Waals surface area (Å²) in [5, 5.41) is 12.9. The normalized spacial score (nSPS) is 17.3. The number of fused-ring (bicyclic) bond motifs is 1. The summed E-state index contributed by atoms with van der Waals surface area (Å²) in [7, 11) is 1.82. The van der Waals surface area contributed by atoms with E-state index in [9.17, 15) is 4.79 Å². The highest BCUT2D eigenvalue weighted by molar-refractivity contribution is 5.91. The van der Waals surface area contributed by atoms with E-state index in [2.05, 4.69) is 44.6 Å². The predicted octanol–water partition coefficient (Wildman–Crippen LogP) is 2.00. The van der Waals surface area contributed by atoms with Gasteiger partial charge in [-0.05, 0) is 49.4 Å². The molecule has 1 aromatic carbocycles. The van der Waals surface area contributed by atoms with Crippen molar-refractivity contribution in [3.05, 3.63) is 48.4 Å². The minimum atomic E-state index is -0.0838. The van der Waals surface area contributed by atoms with Crippen molar-refractivity contribution in [2.75, 3.05) is 26.7 Å². The molecule has 1 saturated heterocycles. The van der Waals surface area contributed by atoms with Crippen LogP contribution in [0.3, 0.4) is 0 Å². The van der Waals surface area contributed by atoms with Gasteiger partial charge in [-0.25, -0.2) is 0 Å². The largest absolute Gasteiger partial charge is 0.346 e. The van der Waals surface area contributed by atoms with Crippen LogP contribution in [0.2, 0.25) is 0 Å². The first-order valence-electron chi connectivity index (χ1n) is 9.61. The quantitative estimate of drug-likeness (QED) is 0.725. The van der Waals surface area contributed by atoms with Gasteiger partial charge in [0, 0.05) is 38.4 Å². The standard InChI is InChI=1S/C20H26N6O/c1-24(11-12-25-10-8-17-6-2-3-7-19(17)25)20(27)18-15-26(23-22-18)14-16-5-4-9-21-13-16/h2-3,6-8,10,15-16,21H,4-5,9,11-14H2,1H3/t16-/m1/s1. The molecule has 27 heavy (non-hydrogen) atoms. The molecule has 1 aliphatic heterocycles. The number of nitrogens with one attached hydrogen (secondary N) is 1. The molecular weight excluding hydrogens is 340 g/mol. The molecule has 142 valence electrons. The fourth-order valence-corrected chi connectivity index (χ4v) is 3.72. The van der Waals surface area contributed by atoms with Gasteiger partial charge in [0.25, 0.3) is 5.91 Å². The smallest absolute Gasteiger partial charge is 0.275 e. The van der Waals surface area contributed by atoms with Gasteiger partial charge in [0.15, 0.2) is 5.69 Å². The first kappa shape index (κ1) is 17.7. The van der Waals surface area contributed by atoms with Crippen LogP contribution in [0.25, 0.3) is 10.9 Å². The lowest BCUT2D eigenvalue weighted by molar-refractivity contribution is 0.0785. The number of hydrogen-bond acceptors (Lipinski definition) is 4. The van der Waals surface area contributed by atoms with Gasteiger partial charge in [-0.2, -0.15) is 0 Å². The molecule has 0 radical (unpaired) electrons. The summed E-state index contributed by atoms with van der Waals surface area (Å²) in [6.45, 7) is 4.29. The molecule has 3 aromatic rings.